The number of halogens is 2. The lowest BCUT2D eigenvalue weighted by Crippen LogP contribution is -2.12. The van der Waals surface area contributed by atoms with Gasteiger partial charge in [-0.05, 0) is 32.3 Å². The van der Waals surface area contributed by atoms with Gasteiger partial charge in [0.25, 0.3) is 0 Å². The Morgan fingerprint density at radius 1 is 1.47 bits per heavy atom. The highest BCUT2D eigenvalue weighted by Crippen LogP contribution is 2.12. The monoisotopic (exact) mass is 233 g/mol. The van der Waals surface area contributed by atoms with Gasteiger partial charge in [0.1, 0.15) is 5.82 Å². The summed E-state index contributed by atoms with van der Waals surface area (Å²) in [6.45, 7) is 0.396. The molecule has 0 saturated carbocycles. The van der Waals surface area contributed by atoms with Crippen LogP contribution in [0.1, 0.15) is 15.9 Å². The molecule has 0 fully saturated rings. The van der Waals surface area contributed by atoms with Crippen LogP contribution in [-0.4, -0.2) is 30.1 Å². The van der Waals surface area contributed by atoms with Crippen molar-refractivity contribution in [3.8, 4) is 0 Å². The number of hydrogen-bond acceptors (Lipinski definition) is 2. The lowest BCUT2D eigenvalue weighted by molar-refractivity contribution is 0.0696. The van der Waals surface area contributed by atoms with Gasteiger partial charge >= 0.3 is 5.97 Å². The SMILES string of the molecule is CN(C)Cc1cc(C(=O)O)ccc1F.Cl. The van der Waals surface area contributed by atoms with Gasteiger partial charge in [-0.1, -0.05) is 0 Å². The lowest BCUT2D eigenvalue weighted by Gasteiger charge is -2.10. The van der Waals surface area contributed by atoms with Crippen molar-refractivity contribution in [2.24, 2.45) is 0 Å². The van der Waals surface area contributed by atoms with Crippen LogP contribution in [0.25, 0.3) is 0 Å². The van der Waals surface area contributed by atoms with E-state index in [2.05, 4.69) is 0 Å². The predicted molar refractivity (Wildman–Crippen MR) is 58.0 cm³/mol. The van der Waals surface area contributed by atoms with E-state index in [1.807, 2.05) is 0 Å². The third kappa shape index (κ3) is 3.85. The Bertz CT molecular complexity index is 355. The zero-order chi connectivity index (χ0) is 10.7. The molecule has 1 rings (SSSR count). The molecule has 0 spiro atoms. The first-order chi connectivity index (χ1) is 6.50. The van der Waals surface area contributed by atoms with E-state index in [0.29, 0.717) is 12.1 Å². The van der Waals surface area contributed by atoms with Gasteiger partial charge in [-0.15, -0.1) is 12.4 Å². The van der Waals surface area contributed by atoms with Crippen LogP contribution >= 0.6 is 12.4 Å². The zero-order valence-electron chi connectivity index (χ0n) is 8.53. The van der Waals surface area contributed by atoms with Crippen molar-refractivity contribution < 1.29 is 14.3 Å². The maximum atomic E-state index is 13.2. The first-order valence-corrected chi connectivity index (χ1v) is 4.17. The summed E-state index contributed by atoms with van der Waals surface area (Å²) >= 11 is 0. The van der Waals surface area contributed by atoms with Crippen molar-refractivity contribution in [2.45, 2.75) is 6.54 Å². The second-order valence-corrected chi connectivity index (χ2v) is 3.35. The van der Waals surface area contributed by atoms with Crippen molar-refractivity contribution in [3.63, 3.8) is 0 Å². The largest absolute Gasteiger partial charge is 0.478 e. The van der Waals surface area contributed by atoms with E-state index < -0.39 is 5.97 Å². The Morgan fingerprint density at radius 3 is 2.53 bits per heavy atom. The van der Waals surface area contributed by atoms with Crippen LogP contribution in [0.15, 0.2) is 18.2 Å². The van der Waals surface area contributed by atoms with Gasteiger partial charge in [0.15, 0.2) is 0 Å². The van der Waals surface area contributed by atoms with Crippen LogP contribution < -0.4 is 0 Å². The quantitative estimate of drug-likeness (QED) is 0.868. The summed E-state index contributed by atoms with van der Waals surface area (Å²) in [4.78, 5) is 12.4. The second kappa shape index (κ2) is 5.68. The summed E-state index contributed by atoms with van der Waals surface area (Å²) in [5.74, 6) is -1.41. The molecule has 84 valence electrons. The van der Waals surface area contributed by atoms with E-state index in [0.717, 1.165) is 0 Å². The van der Waals surface area contributed by atoms with Gasteiger partial charge in [-0.3, -0.25) is 0 Å². The van der Waals surface area contributed by atoms with Gasteiger partial charge in [0.2, 0.25) is 0 Å². The number of rotatable bonds is 3. The molecule has 0 aromatic heterocycles. The fourth-order valence-electron chi connectivity index (χ4n) is 1.17. The van der Waals surface area contributed by atoms with E-state index in [1.54, 1.807) is 19.0 Å². The summed E-state index contributed by atoms with van der Waals surface area (Å²) in [6, 6.07) is 3.80. The molecule has 0 radical (unpaired) electrons. The zero-order valence-corrected chi connectivity index (χ0v) is 9.34. The Kier molecular flexibility index (Phi) is 5.25. The minimum atomic E-state index is -1.04. The Balaban J connectivity index is 0.00000196. The Hall–Kier alpha value is -1.13. The molecule has 0 unspecified atom stereocenters. The minimum absolute atomic E-state index is 0. The topological polar surface area (TPSA) is 40.5 Å². The van der Waals surface area contributed by atoms with Crippen LogP contribution in [0.3, 0.4) is 0 Å². The maximum absolute atomic E-state index is 13.2. The third-order valence-electron chi connectivity index (χ3n) is 1.78. The van der Waals surface area contributed by atoms with E-state index in [9.17, 15) is 9.18 Å². The van der Waals surface area contributed by atoms with Crippen molar-refractivity contribution in [2.75, 3.05) is 14.1 Å². The smallest absolute Gasteiger partial charge is 0.335 e. The molecule has 1 aromatic rings. The molecule has 3 nitrogen and oxygen atoms in total. The van der Waals surface area contributed by atoms with Crippen LogP contribution in [-0.2, 0) is 6.54 Å². The average molecular weight is 234 g/mol. The molecule has 5 heteroatoms. The lowest BCUT2D eigenvalue weighted by atomic mass is 10.1. The summed E-state index contributed by atoms with van der Waals surface area (Å²) < 4.78 is 13.2. The number of carbonyl (C=O) groups is 1. The van der Waals surface area contributed by atoms with E-state index in [4.69, 9.17) is 5.11 Å². The van der Waals surface area contributed by atoms with Crippen LogP contribution in [0.4, 0.5) is 4.39 Å². The summed E-state index contributed by atoms with van der Waals surface area (Å²) in [5, 5.41) is 8.70. The van der Waals surface area contributed by atoms with Gasteiger partial charge < -0.3 is 10.0 Å². The molecule has 0 atom stereocenters. The number of hydrogen-bond donors (Lipinski definition) is 1. The molecule has 0 bridgehead atoms. The molecule has 15 heavy (non-hydrogen) atoms. The number of carboxylic acid groups (broad SMARTS) is 1. The molecule has 0 amide bonds. The first-order valence-electron chi connectivity index (χ1n) is 4.17. The molecule has 1 N–H and O–H groups in total. The highest BCUT2D eigenvalue weighted by molar-refractivity contribution is 5.87. The predicted octanol–water partition coefficient (Wildman–Crippen LogP) is 2.01. The third-order valence-corrected chi connectivity index (χ3v) is 1.78. The fourth-order valence-corrected chi connectivity index (χ4v) is 1.17. The van der Waals surface area contributed by atoms with Gasteiger partial charge in [-0.25, -0.2) is 9.18 Å². The van der Waals surface area contributed by atoms with E-state index in [-0.39, 0.29) is 23.8 Å². The maximum Gasteiger partial charge on any atom is 0.335 e. The van der Waals surface area contributed by atoms with Crippen LogP contribution in [0.2, 0.25) is 0 Å². The molecular weight excluding hydrogens is 221 g/mol. The second-order valence-electron chi connectivity index (χ2n) is 3.35. The number of carboxylic acids is 1. The Labute approximate surface area is 93.9 Å². The summed E-state index contributed by atoms with van der Waals surface area (Å²) in [6.07, 6.45) is 0. The van der Waals surface area contributed by atoms with Gasteiger partial charge in [-0.2, -0.15) is 0 Å². The van der Waals surface area contributed by atoms with Crippen molar-refractivity contribution in [3.05, 3.63) is 35.1 Å². The van der Waals surface area contributed by atoms with Crippen molar-refractivity contribution in [1.29, 1.82) is 0 Å². The van der Waals surface area contributed by atoms with Crippen LogP contribution in [0.5, 0.6) is 0 Å². The number of nitrogens with zero attached hydrogens (tertiary/aromatic N) is 1. The number of aromatic carboxylic acids is 1. The van der Waals surface area contributed by atoms with E-state index >= 15 is 0 Å². The molecule has 0 aliphatic heterocycles. The minimum Gasteiger partial charge on any atom is -0.478 e. The molecule has 0 saturated heterocycles. The molecule has 0 aliphatic carbocycles. The number of benzene rings is 1. The van der Waals surface area contributed by atoms with Crippen molar-refractivity contribution in [1.82, 2.24) is 4.90 Å². The van der Waals surface area contributed by atoms with Crippen LogP contribution in [0, 0.1) is 5.82 Å². The first kappa shape index (κ1) is 13.9. The standard InChI is InChI=1S/C10H12FNO2.ClH/c1-12(2)6-8-5-7(10(13)14)3-4-9(8)11;/h3-5H,6H2,1-2H3,(H,13,14);1H. The van der Waals surface area contributed by atoms with Gasteiger partial charge in [0.05, 0.1) is 5.56 Å². The fraction of sp³-hybridized carbons (Fsp3) is 0.300. The molecular formula is C10H13ClFNO2. The summed E-state index contributed by atoms with van der Waals surface area (Å²) in [5.41, 5.74) is 0.512. The average Bonchev–Trinajstić information content (AvgIpc) is 2.07. The summed E-state index contributed by atoms with van der Waals surface area (Å²) in [7, 11) is 3.60. The highest BCUT2D eigenvalue weighted by atomic mass is 35.5. The normalized spacial score (nSPS) is 9.87. The van der Waals surface area contributed by atoms with E-state index in [1.165, 1.54) is 18.2 Å². The molecule has 0 heterocycles. The Morgan fingerprint density at radius 2 is 2.07 bits per heavy atom. The highest BCUT2D eigenvalue weighted by Gasteiger charge is 2.08. The molecule has 1 aromatic carbocycles. The van der Waals surface area contributed by atoms with Gasteiger partial charge in [0, 0.05) is 12.1 Å². The van der Waals surface area contributed by atoms with Crippen molar-refractivity contribution >= 4 is 18.4 Å². The molecule has 0 aliphatic rings.